The Balaban J connectivity index is 4.04. The molecule has 0 saturated carbocycles. The van der Waals surface area contributed by atoms with Crippen molar-refractivity contribution in [2.75, 3.05) is 13.1 Å². The van der Waals surface area contributed by atoms with E-state index in [2.05, 4.69) is 12.2 Å². The van der Waals surface area contributed by atoms with Crippen LogP contribution in [0.15, 0.2) is 0 Å². The van der Waals surface area contributed by atoms with E-state index in [-0.39, 0.29) is 19.0 Å². The van der Waals surface area contributed by atoms with Crippen LogP contribution in [0.1, 0.15) is 78.1 Å². The first-order chi connectivity index (χ1) is 12.8. The number of rotatable bonds is 17. The van der Waals surface area contributed by atoms with Crippen molar-refractivity contribution in [2.24, 2.45) is 0 Å². The molecule has 1 unspecified atom stereocenters. The van der Waals surface area contributed by atoms with Gasteiger partial charge in [-0.1, -0.05) is 58.3 Å². The lowest BCUT2D eigenvalue weighted by molar-refractivity contribution is -0.151. The lowest BCUT2D eigenvalue weighted by atomic mass is 10.1. The molecule has 1 amide bonds. The molecule has 0 rings (SSSR count). The van der Waals surface area contributed by atoms with Gasteiger partial charge >= 0.3 is 11.9 Å². The van der Waals surface area contributed by atoms with Crippen molar-refractivity contribution >= 4 is 17.8 Å². The number of aliphatic hydroxyl groups is 1. The van der Waals surface area contributed by atoms with E-state index in [0.29, 0.717) is 6.42 Å². The molecule has 8 heteroatoms. The highest BCUT2D eigenvalue weighted by molar-refractivity contribution is 5.97. The van der Waals surface area contributed by atoms with Crippen LogP contribution in [-0.4, -0.2) is 63.4 Å². The van der Waals surface area contributed by atoms with Crippen LogP contribution in [0.25, 0.3) is 0 Å². The molecule has 0 aromatic carbocycles. The standard InChI is InChI=1S/C19H36N2O6/c1-3-4-5-6-7-8-9-10-11-12-16(23)21(15(2)22)14-13-20-17(18(24)25)19(26)27/h15,17,20,22H,3-14H2,1-2H3,(H,24,25)(H,26,27). The molecule has 0 aliphatic heterocycles. The largest absolute Gasteiger partial charge is 0.480 e. The Morgan fingerprint density at radius 1 is 0.889 bits per heavy atom. The monoisotopic (exact) mass is 388 g/mol. The van der Waals surface area contributed by atoms with Gasteiger partial charge < -0.3 is 20.2 Å². The molecule has 0 aromatic rings. The molecular weight excluding hydrogens is 352 g/mol. The normalized spacial score (nSPS) is 12.1. The maximum atomic E-state index is 12.2. The second kappa shape index (κ2) is 15.4. The third kappa shape index (κ3) is 12.4. The van der Waals surface area contributed by atoms with Gasteiger partial charge in [0.2, 0.25) is 11.9 Å². The van der Waals surface area contributed by atoms with Gasteiger partial charge in [0.05, 0.1) is 0 Å². The number of hydrogen-bond acceptors (Lipinski definition) is 5. The third-order valence-corrected chi connectivity index (χ3v) is 4.46. The van der Waals surface area contributed by atoms with E-state index in [4.69, 9.17) is 10.2 Å². The molecule has 27 heavy (non-hydrogen) atoms. The number of carbonyl (C=O) groups is 3. The third-order valence-electron chi connectivity index (χ3n) is 4.46. The lowest BCUT2D eigenvalue weighted by Gasteiger charge is -2.26. The zero-order chi connectivity index (χ0) is 20.7. The topological polar surface area (TPSA) is 127 Å². The summed E-state index contributed by atoms with van der Waals surface area (Å²) >= 11 is 0. The van der Waals surface area contributed by atoms with E-state index < -0.39 is 24.2 Å². The molecule has 0 aliphatic carbocycles. The molecule has 0 aromatic heterocycles. The summed E-state index contributed by atoms with van der Waals surface area (Å²) in [5, 5.41) is 29.7. The number of amides is 1. The molecule has 0 radical (unpaired) electrons. The predicted molar refractivity (Wildman–Crippen MR) is 102 cm³/mol. The molecule has 8 nitrogen and oxygen atoms in total. The first-order valence-electron chi connectivity index (χ1n) is 9.97. The lowest BCUT2D eigenvalue weighted by Crippen LogP contribution is -2.48. The minimum atomic E-state index is -1.73. The average Bonchev–Trinajstić information content (AvgIpc) is 2.59. The molecule has 0 fully saturated rings. The van der Waals surface area contributed by atoms with Gasteiger partial charge in [0, 0.05) is 19.5 Å². The second-order valence-corrected chi connectivity index (χ2v) is 6.86. The van der Waals surface area contributed by atoms with Crippen molar-refractivity contribution in [3.05, 3.63) is 0 Å². The van der Waals surface area contributed by atoms with Gasteiger partial charge in [-0.15, -0.1) is 0 Å². The number of aliphatic hydroxyl groups excluding tert-OH is 1. The van der Waals surface area contributed by atoms with Crippen molar-refractivity contribution in [1.82, 2.24) is 10.2 Å². The first-order valence-corrected chi connectivity index (χ1v) is 9.97. The minimum absolute atomic E-state index is 0.0301. The summed E-state index contributed by atoms with van der Waals surface area (Å²) in [5.41, 5.74) is 0. The smallest absolute Gasteiger partial charge is 0.332 e. The average molecular weight is 389 g/mol. The fraction of sp³-hybridized carbons (Fsp3) is 0.842. The molecule has 0 spiro atoms. The first kappa shape index (κ1) is 25.3. The number of nitrogens with zero attached hydrogens (tertiary/aromatic N) is 1. The molecule has 0 bridgehead atoms. The van der Waals surface area contributed by atoms with E-state index in [0.717, 1.165) is 19.3 Å². The molecule has 1 atom stereocenters. The fourth-order valence-corrected chi connectivity index (χ4v) is 2.86. The van der Waals surface area contributed by atoms with Gasteiger partial charge in [0.1, 0.15) is 6.23 Å². The van der Waals surface area contributed by atoms with Gasteiger partial charge in [0.15, 0.2) is 0 Å². The Morgan fingerprint density at radius 2 is 1.37 bits per heavy atom. The van der Waals surface area contributed by atoms with Crippen LogP contribution in [0.3, 0.4) is 0 Å². The van der Waals surface area contributed by atoms with E-state index >= 15 is 0 Å². The van der Waals surface area contributed by atoms with E-state index in [1.165, 1.54) is 50.3 Å². The van der Waals surface area contributed by atoms with Gasteiger partial charge in [-0.05, 0) is 13.3 Å². The Morgan fingerprint density at radius 3 is 1.81 bits per heavy atom. The summed E-state index contributed by atoms with van der Waals surface area (Å²) in [5.74, 6) is -3.20. The SMILES string of the molecule is CCCCCCCCCCCC(=O)N(CCNC(C(=O)O)C(=O)O)C(C)O. The van der Waals surface area contributed by atoms with Crippen LogP contribution in [0.2, 0.25) is 0 Å². The van der Waals surface area contributed by atoms with Gasteiger partial charge in [-0.25, -0.2) is 9.59 Å². The maximum absolute atomic E-state index is 12.2. The summed E-state index contributed by atoms with van der Waals surface area (Å²) in [6.45, 7) is 3.67. The highest BCUT2D eigenvalue weighted by Crippen LogP contribution is 2.11. The summed E-state index contributed by atoms with van der Waals surface area (Å²) < 4.78 is 0. The summed E-state index contributed by atoms with van der Waals surface area (Å²) in [7, 11) is 0. The molecule has 4 N–H and O–H groups in total. The number of carbonyl (C=O) groups excluding carboxylic acids is 1. The Kier molecular flexibility index (Phi) is 14.4. The summed E-state index contributed by atoms with van der Waals surface area (Å²) in [4.78, 5) is 35.1. The molecule has 0 saturated heterocycles. The number of nitrogens with one attached hydrogen (secondary N) is 1. The number of carboxylic acid groups (broad SMARTS) is 2. The molecule has 0 heterocycles. The Hall–Kier alpha value is -1.67. The van der Waals surface area contributed by atoms with Gasteiger partial charge in [-0.3, -0.25) is 10.1 Å². The predicted octanol–water partition coefficient (Wildman–Crippen LogP) is 2.20. The summed E-state index contributed by atoms with van der Waals surface area (Å²) in [6, 6.07) is -1.73. The fourth-order valence-electron chi connectivity index (χ4n) is 2.86. The zero-order valence-corrected chi connectivity index (χ0v) is 16.7. The highest BCUT2D eigenvalue weighted by Gasteiger charge is 2.25. The highest BCUT2D eigenvalue weighted by atomic mass is 16.4. The van der Waals surface area contributed by atoms with E-state index in [9.17, 15) is 19.5 Å². The number of carboxylic acids is 2. The summed E-state index contributed by atoms with van der Waals surface area (Å²) in [6.07, 6.45) is 9.61. The van der Waals surface area contributed by atoms with E-state index in [1.807, 2.05) is 0 Å². The minimum Gasteiger partial charge on any atom is -0.480 e. The Labute approximate surface area is 161 Å². The Bertz CT molecular complexity index is 428. The molecule has 158 valence electrons. The number of aliphatic carboxylic acids is 2. The van der Waals surface area contributed by atoms with Crippen molar-refractivity contribution in [1.29, 1.82) is 0 Å². The van der Waals surface area contributed by atoms with Crippen LogP contribution >= 0.6 is 0 Å². The second-order valence-electron chi connectivity index (χ2n) is 6.86. The van der Waals surface area contributed by atoms with Crippen molar-refractivity contribution in [2.45, 2.75) is 90.3 Å². The van der Waals surface area contributed by atoms with Crippen LogP contribution in [0.4, 0.5) is 0 Å². The molecular formula is C19H36N2O6. The zero-order valence-electron chi connectivity index (χ0n) is 16.7. The van der Waals surface area contributed by atoms with Crippen LogP contribution in [-0.2, 0) is 14.4 Å². The van der Waals surface area contributed by atoms with Crippen LogP contribution in [0, 0.1) is 0 Å². The number of unbranched alkanes of at least 4 members (excludes halogenated alkanes) is 8. The van der Waals surface area contributed by atoms with Crippen LogP contribution < -0.4 is 5.32 Å². The van der Waals surface area contributed by atoms with Crippen LogP contribution in [0.5, 0.6) is 0 Å². The van der Waals surface area contributed by atoms with E-state index in [1.54, 1.807) is 0 Å². The van der Waals surface area contributed by atoms with Gasteiger partial charge in [-0.2, -0.15) is 0 Å². The molecule has 0 aliphatic rings. The maximum Gasteiger partial charge on any atom is 0.332 e. The van der Waals surface area contributed by atoms with Gasteiger partial charge in [0.25, 0.3) is 0 Å². The van der Waals surface area contributed by atoms with Crippen molar-refractivity contribution in [3.8, 4) is 0 Å². The number of hydrogen-bond donors (Lipinski definition) is 4. The van der Waals surface area contributed by atoms with Crippen molar-refractivity contribution in [3.63, 3.8) is 0 Å². The van der Waals surface area contributed by atoms with Crippen molar-refractivity contribution < 1.29 is 29.7 Å². The quantitative estimate of drug-likeness (QED) is 0.171.